The Kier molecular flexibility index (Phi) is 10.9. The number of carbonyl (C=O) groups excluding carboxylic acids is 4. The van der Waals surface area contributed by atoms with Gasteiger partial charge in [-0.15, -0.1) is 0 Å². The zero-order valence-corrected chi connectivity index (χ0v) is 24.9. The number of hydrogen-bond donors (Lipinski definition) is 0. The van der Waals surface area contributed by atoms with Crippen LogP contribution >= 0.6 is 11.8 Å². The van der Waals surface area contributed by atoms with Crippen LogP contribution in [0.2, 0.25) is 0 Å². The lowest BCUT2D eigenvalue weighted by atomic mass is 10.1. The first-order valence-corrected chi connectivity index (χ1v) is 14.4. The van der Waals surface area contributed by atoms with Crippen molar-refractivity contribution in [1.82, 2.24) is 0 Å². The minimum atomic E-state index is -1.43. The Morgan fingerprint density at radius 2 is 1.17 bits per heavy atom. The summed E-state index contributed by atoms with van der Waals surface area (Å²) in [5.41, 5.74) is -0.844. The Morgan fingerprint density at radius 1 is 0.745 bits per heavy atom. The van der Waals surface area contributed by atoms with E-state index in [2.05, 4.69) is 0 Å². The van der Waals surface area contributed by atoms with Crippen molar-refractivity contribution >= 4 is 51.8 Å². The molecule has 0 radical (unpaired) electrons. The third-order valence-electron chi connectivity index (χ3n) is 6.65. The van der Waals surface area contributed by atoms with Gasteiger partial charge in [-0.3, -0.25) is 39.9 Å². The summed E-state index contributed by atoms with van der Waals surface area (Å²) >= 11 is 0.685. The van der Waals surface area contributed by atoms with Gasteiger partial charge in [0.2, 0.25) is 5.12 Å². The van der Waals surface area contributed by atoms with Crippen molar-refractivity contribution in [3.8, 4) is 0 Å². The van der Waals surface area contributed by atoms with Crippen molar-refractivity contribution in [3.63, 3.8) is 0 Å². The Bertz CT molecular complexity index is 1700. The fourth-order valence-corrected chi connectivity index (χ4v) is 5.25. The molecule has 1 fully saturated rings. The van der Waals surface area contributed by atoms with Crippen molar-refractivity contribution in [1.29, 1.82) is 0 Å². The molecule has 244 valence electrons. The van der Waals surface area contributed by atoms with E-state index in [-0.39, 0.29) is 46.1 Å². The molecule has 0 aliphatic carbocycles. The van der Waals surface area contributed by atoms with E-state index < -0.39 is 62.2 Å². The molecule has 0 N–H and O–H groups in total. The Hall–Kier alpha value is -5.75. The summed E-state index contributed by atoms with van der Waals surface area (Å²) < 4.78 is 22.4. The number of nitrogens with zero attached hydrogens (tertiary/aromatic N) is 3. The molecule has 1 aliphatic heterocycles. The Morgan fingerprint density at radius 3 is 1.60 bits per heavy atom. The molecule has 0 spiro atoms. The molecule has 0 amide bonds. The number of nitro benzene ring substituents is 3. The molecule has 0 saturated carbocycles. The van der Waals surface area contributed by atoms with Gasteiger partial charge in [0, 0.05) is 54.6 Å². The van der Waals surface area contributed by atoms with Crippen LogP contribution in [0.3, 0.4) is 0 Å². The first-order valence-electron chi connectivity index (χ1n) is 13.5. The summed E-state index contributed by atoms with van der Waals surface area (Å²) in [7, 11) is 0. The molecule has 0 unspecified atom stereocenters. The molecule has 0 aromatic heterocycles. The molecular weight excluding hydrogens is 646 g/mol. The highest BCUT2D eigenvalue weighted by atomic mass is 32.2. The standard InChI is InChI=1S/C29H23N3O14S/c1-16(33)44-24(15-47-29(36)19-6-12-22(13-7-19)32(41)42)25-26(46-28(35)18-4-10-21(11-5-18)31(39)40)23(14-43-25)45-27(34)17-2-8-20(9-3-17)30(37)38/h2-13,23-26H,14-15H2,1H3/t23-,24+,25+,26+/m0/s1. The number of esters is 3. The topological polar surface area (TPSA) is 235 Å². The molecule has 3 aromatic rings. The third-order valence-corrected chi connectivity index (χ3v) is 7.64. The average molecular weight is 670 g/mol. The highest BCUT2D eigenvalue weighted by molar-refractivity contribution is 8.14. The summed E-state index contributed by atoms with van der Waals surface area (Å²) in [6, 6.07) is 13.7. The van der Waals surface area contributed by atoms with Crippen LogP contribution in [0.1, 0.15) is 38.0 Å². The average Bonchev–Trinajstić information content (AvgIpc) is 3.43. The monoisotopic (exact) mass is 669 g/mol. The molecule has 4 rings (SSSR count). The van der Waals surface area contributed by atoms with Gasteiger partial charge in [0.25, 0.3) is 17.1 Å². The van der Waals surface area contributed by atoms with Crippen molar-refractivity contribution < 1.29 is 52.9 Å². The van der Waals surface area contributed by atoms with Gasteiger partial charge in [-0.25, -0.2) is 9.59 Å². The smallest absolute Gasteiger partial charge is 0.338 e. The maximum Gasteiger partial charge on any atom is 0.338 e. The lowest BCUT2D eigenvalue weighted by Gasteiger charge is -2.28. The third kappa shape index (κ3) is 8.70. The lowest BCUT2D eigenvalue weighted by Crippen LogP contribution is -2.46. The van der Waals surface area contributed by atoms with Crippen LogP contribution in [0, 0.1) is 30.3 Å². The van der Waals surface area contributed by atoms with E-state index in [1.54, 1.807) is 0 Å². The van der Waals surface area contributed by atoms with Crippen LogP contribution in [0.25, 0.3) is 0 Å². The number of hydrogen-bond acceptors (Lipinski definition) is 15. The van der Waals surface area contributed by atoms with Crippen LogP contribution in [-0.2, 0) is 23.7 Å². The SMILES string of the molecule is CC(=O)O[C@H](CSC(=O)c1ccc([N+](=O)[O-])cc1)[C@H]1OC[C@H](OC(=O)c2ccc([N+](=O)[O-])cc2)[C@H]1OC(=O)c1ccc([N+](=O)[O-])cc1. The van der Waals surface area contributed by atoms with Crippen molar-refractivity contribution in [3.05, 3.63) is 120 Å². The molecule has 1 saturated heterocycles. The number of carbonyl (C=O) groups is 4. The summed E-state index contributed by atoms with van der Waals surface area (Å²) in [5, 5.41) is 32.4. The fourth-order valence-electron chi connectivity index (χ4n) is 4.38. The minimum absolute atomic E-state index is 0.0692. The first kappa shape index (κ1) is 34.1. The summed E-state index contributed by atoms with van der Waals surface area (Å²) in [6.07, 6.45) is -5.26. The molecular formula is C29H23N3O14S. The number of benzene rings is 3. The normalized spacial score (nSPS) is 17.6. The summed E-state index contributed by atoms with van der Waals surface area (Å²) in [5.74, 6) is -2.96. The number of thioether (sulfide) groups is 1. The van der Waals surface area contributed by atoms with Crippen molar-refractivity contribution in [2.45, 2.75) is 31.3 Å². The van der Waals surface area contributed by atoms with Crippen LogP contribution in [0.15, 0.2) is 72.8 Å². The molecule has 3 aromatic carbocycles. The summed E-state index contributed by atoms with van der Waals surface area (Å²) in [6.45, 7) is 0.731. The van der Waals surface area contributed by atoms with E-state index >= 15 is 0 Å². The Balaban J connectivity index is 1.57. The zero-order chi connectivity index (χ0) is 34.2. The number of non-ortho nitro benzene ring substituents is 3. The second-order valence-corrected chi connectivity index (χ2v) is 10.8. The zero-order valence-electron chi connectivity index (χ0n) is 24.1. The van der Waals surface area contributed by atoms with E-state index in [0.717, 1.165) is 67.6 Å². The molecule has 1 heterocycles. The van der Waals surface area contributed by atoms with E-state index in [4.69, 9.17) is 18.9 Å². The van der Waals surface area contributed by atoms with E-state index in [9.17, 15) is 49.5 Å². The second kappa shape index (κ2) is 15.0. The number of nitro groups is 3. The largest absolute Gasteiger partial charge is 0.459 e. The van der Waals surface area contributed by atoms with Gasteiger partial charge in [-0.2, -0.15) is 0 Å². The van der Waals surface area contributed by atoms with Crippen LogP contribution in [-0.4, -0.2) is 74.6 Å². The first-order chi connectivity index (χ1) is 22.3. The number of ether oxygens (including phenoxy) is 4. The lowest BCUT2D eigenvalue weighted by molar-refractivity contribution is -0.385. The molecule has 17 nitrogen and oxygen atoms in total. The van der Waals surface area contributed by atoms with E-state index in [0.29, 0.717) is 11.8 Å². The molecule has 47 heavy (non-hydrogen) atoms. The molecule has 18 heteroatoms. The minimum Gasteiger partial charge on any atom is -0.459 e. The highest BCUT2D eigenvalue weighted by Gasteiger charge is 2.48. The van der Waals surface area contributed by atoms with Crippen LogP contribution in [0.4, 0.5) is 17.1 Å². The molecule has 4 atom stereocenters. The van der Waals surface area contributed by atoms with Gasteiger partial charge in [0.1, 0.15) is 12.2 Å². The highest BCUT2D eigenvalue weighted by Crippen LogP contribution is 2.30. The van der Waals surface area contributed by atoms with Gasteiger partial charge in [0.05, 0.1) is 32.5 Å². The summed E-state index contributed by atoms with van der Waals surface area (Å²) in [4.78, 5) is 82.0. The molecule has 0 bridgehead atoms. The van der Waals surface area contributed by atoms with E-state index in [1.807, 2.05) is 0 Å². The maximum atomic E-state index is 13.1. The quantitative estimate of drug-likeness (QED) is 0.114. The van der Waals surface area contributed by atoms with Crippen molar-refractivity contribution in [2.24, 2.45) is 0 Å². The van der Waals surface area contributed by atoms with Gasteiger partial charge < -0.3 is 18.9 Å². The molecule has 1 aliphatic rings. The van der Waals surface area contributed by atoms with Gasteiger partial charge in [0.15, 0.2) is 12.2 Å². The number of rotatable bonds is 12. The van der Waals surface area contributed by atoms with Gasteiger partial charge in [-0.1, -0.05) is 11.8 Å². The maximum absolute atomic E-state index is 13.1. The fraction of sp³-hybridized carbons (Fsp3) is 0.241. The second-order valence-electron chi connectivity index (χ2n) is 9.77. The van der Waals surface area contributed by atoms with Crippen LogP contribution in [0.5, 0.6) is 0 Å². The van der Waals surface area contributed by atoms with Gasteiger partial charge in [-0.05, 0) is 36.4 Å². The van der Waals surface area contributed by atoms with Gasteiger partial charge >= 0.3 is 17.9 Å². The van der Waals surface area contributed by atoms with Crippen LogP contribution < -0.4 is 0 Å². The predicted molar refractivity (Wildman–Crippen MR) is 160 cm³/mol. The Labute approximate surface area is 268 Å². The van der Waals surface area contributed by atoms with E-state index in [1.165, 1.54) is 12.1 Å². The predicted octanol–water partition coefficient (Wildman–Crippen LogP) is 4.07. The van der Waals surface area contributed by atoms with Crippen molar-refractivity contribution in [2.75, 3.05) is 12.4 Å².